The van der Waals surface area contributed by atoms with Crippen LogP contribution >= 0.6 is 0 Å². The molecule has 0 atom stereocenters. The molecule has 0 N–H and O–H groups in total. The maximum Gasteiger partial charge on any atom is 0.333 e. The highest BCUT2D eigenvalue weighted by Crippen LogP contribution is 2.51. The van der Waals surface area contributed by atoms with Crippen LogP contribution in [-0.2, 0) is 0 Å². The normalized spacial score (nSPS) is 12.8. The van der Waals surface area contributed by atoms with Gasteiger partial charge in [0.25, 0.3) is 0 Å². The molecule has 0 aliphatic carbocycles. The van der Waals surface area contributed by atoms with Gasteiger partial charge in [-0.05, 0) is 97.1 Å². The number of hydrogen-bond acceptors (Lipinski definition) is 3. The Hall–Kier alpha value is -6.98. The van der Waals surface area contributed by atoms with E-state index in [1.54, 1.807) is 0 Å². The maximum absolute atomic E-state index is 6.63. The van der Waals surface area contributed by atoms with Gasteiger partial charge in [-0.2, -0.15) is 0 Å². The first-order chi connectivity index (χ1) is 27.1. The van der Waals surface area contributed by atoms with Crippen LogP contribution in [0.15, 0.2) is 174 Å². The van der Waals surface area contributed by atoms with E-state index in [-0.39, 0.29) is 6.85 Å². The van der Waals surface area contributed by atoms with Gasteiger partial charge < -0.3 is 18.7 Å². The van der Waals surface area contributed by atoms with Gasteiger partial charge in [0.05, 0.1) is 16.7 Å². The van der Waals surface area contributed by atoms with Gasteiger partial charge in [0.1, 0.15) is 11.2 Å². The molecule has 0 saturated carbocycles. The Balaban J connectivity index is 1.31. The molecule has 2 aromatic heterocycles. The SMILES string of the molecule is Cc1ccc(N2B3c4cc(C)ccc4-n4c5ccccc5c5c(N(c6ccccc6)c6ccccc6)cc(c3c54)-c3cc4c(cc32)oc2ccccc24)cc1. The van der Waals surface area contributed by atoms with Gasteiger partial charge in [-0.1, -0.05) is 108 Å². The van der Waals surface area contributed by atoms with Crippen molar-refractivity contribution in [3.8, 4) is 16.8 Å². The van der Waals surface area contributed by atoms with Crippen LogP contribution in [0.5, 0.6) is 0 Å². The first-order valence-corrected chi connectivity index (χ1v) is 19.1. The van der Waals surface area contributed by atoms with E-state index in [9.17, 15) is 0 Å². The molecule has 0 unspecified atom stereocenters. The molecule has 5 heteroatoms. The molecule has 0 fully saturated rings. The van der Waals surface area contributed by atoms with Gasteiger partial charge in [0.2, 0.25) is 0 Å². The summed E-state index contributed by atoms with van der Waals surface area (Å²) >= 11 is 0. The number of para-hydroxylation sites is 4. The molecule has 258 valence electrons. The number of hydrogen-bond donors (Lipinski definition) is 0. The Morgan fingerprint density at radius 1 is 0.527 bits per heavy atom. The van der Waals surface area contributed by atoms with Crippen molar-refractivity contribution in [3.05, 3.63) is 181 Å². The zero-order valence-corrected chi connectivity index (χ0v) is 30.5. The van der Waals surface area contributed by atoms with E-state index in [2.05, 4.69) is 198 Å². The number of aromatic nitrogens is 1. The fraction of sp³-hybridized carbons (Fsp3) is 0.0400. The minimum atomic E-state index is -0.0859. The topological polar surface area (TPSA) is 24.6 Å². The number of fused-ring (bicyclic) bond motifs is 11. The van der Waals surface area contributed by atoms with Crippen molar-refractivity contribution in [2.24, 2.45) is 0 Å². The molecule has 4 nitrogen and oxygen atoms in total. The summed E-state index contributed by atoms with van der Waals surface area (Å²) in [6.45, 7) is 4.29. The average Bonchev–Trinajstić information content (AvgIpc) is 3.77. The lowest BCUT2D eigenvalue weighted by atomic mass is 9.43. The summed E-state index contributed by atoms with van der Waals surface area (Å²) < 4.78 is 9.18. The number of nitrogens with zero attached hydrogens (tertiary/aromatic N) is 3. The summed E-state index contributed by atoms with van der Waals surface area (Å²) in [4.78, 5) is 5.03. The molecule has 8 aromatic carbocycles. The lowest BCUT2D eigenvalue weighted by molar-refractivity contribution is 0.669. The van der Waals surface area contributed by atoms with Crippen LogP contribution < -0.4 is 20.6 Å². The second kappa shape index (κ2) is 11.3. The van der Waals surface area contributed by atoms with Crippen LogP contribution in [0.3, 0.4) is 0 Å². The summed E-state index contributed by atoms with van der Waals surface area (Å²) in [5.74, 6) is 0. The number of aryl methyl sites for hydroxylation is 2. The molecule has 12 rings (SSSR count). The van der Waals surface area contributed by atoms with Crippen molar-refractivity contribution in [1.29, 1.82) is 0 Å². The Morgan fingerprint density at radius 3 is 1.96 bits per heavy atom. The summed E-state index contributed by atoms with van der Waals surface area (Å²) in [7, 11) is 0. The molecule has 0 radical (unpaired) electrons. The number of anilines is 5. The first-order valence-electron chi connectivity index (χ1n) is 19.1. The largest absolute Gasteiger partial charge is 0.456 e. The smallest absolute Gasteiger partial charge is 0.333 e. The molecule has 0 bridgehead atoms. The molecule has 4 heterocycles. The van der Waals surface area contributed by atoms with Gasteiger partial charge in [-0.3, -0.25) is 0 Å². The third kappa shape index (κ3) is 4.24. The van der Waals surface area contributed by atoms with Gasteiger partial charge in [0.15, 0.2) is 0 Å². The van der Waals surface area contributed by atoms with Crippen molar-refractivity contribution < 1.29 is 4.42 Å². The number of rotatable bonds is 4. The fourth-order valence-electron chi connectivity index (χ4n) is 9.50. The molecule has 55 heavy (non-hydrogen) atoms. The second-order valence-corrected chi connectivity index (χ2v) is 15.1. The van der Waals surface area contributed by atoms with Crippen molar-refractivity contribution >= 4 is 90.0 Å². The first kappa shape index (κ1) is 30.5. The summed E-state index contributed by atoms with van der Waals surface area (Å²) in [5.41, 5.74) is 18.7. The van der Waals surface area contributed by atoms with Crippen LogP contribution in [0.2, 0.25) is 0 Å². The minimum Gasteiger partial charge on any atom is -0.456 e. The highest BCUT2D eigenvalue weighted by molar-refractivity contribution is 6.93. The molecule has 0 amide bonds. The molecule has 0 saturated heterocycles. The highest BCUT2D eigenvalue weighted by Gasteiger charge is 2.45. The van der Waals surface area contributed by atoms with Crippen LogP contribution in [0.25, 0.3) is 60.6 Å². The van der Waals surface area contributed by atoms with Crippen LogP contribution in [-0.4, -0.2) is 11.4 Å². The number of furan rings is 1. The Bertz CT molecular complexity index is 3140. The summed E-state index contributed by atoms with van der Waals surface area (Å²) in [6.07, 6.45) is 0. The summed E-state index contributed by atoms with van der Waals surface area (Å²) in [6, 6.07) is 62.2. The van der Waals surface area contributed by atoms with Crippen molar-refractivity contribution in [2.45, 2.75) is 13.8 Å². The van der Waals surface area contributed by atoms with E-state index in [1.165, 1.54) is 60.7 Å². The predicted molar refractivity (Wildman–Crippen MR) is 231 cm³/mol. The van der Waals surface area contributed by atoms with Crippen molar-refractivity contribution in [1.82, 2.24) is 4.57 Å². The van der Waals surface area contributed by atoms with Crippen molar-refractivity contribution in [3.63, 3.8) is 0 Å². The number of benzene rings is 8. The van der Waals surface area contributed by atoms with E-state index in [0.717, 1.165) is 50.4 Å². The van der Waals surface area contributed by atoms with Gasteiger partial charge >= 0.3 is 6.85 Å². The van der Waals surface area contributed by atoms with Crippen LogP contribution in [0.1, 0.15) is 11.1 Å². The third-order valence-corrected chi connectivity index (χ3v) is 11.8. The standard InChI is InChI=1S/C50H34BN3O/c1-31-21-24-35(25-22-31)54-44-30-47-39(36-17-10-12-20-46(36)55-47)28-38(44)40-29-45(52(33-13-5-3-6-14-33)34-15-7-4-8-16-34)48-37-18-9-11-19-42(37)53-43-26-23-32(2)27-41(43)51(54)49(40)50(48)53/h3-30H,1-2H3. The lowest BCUT2D eigenvalue weighted by Crippen LogP contribution is -2.60. The van der Waals surface area contributed by atoms with Gasteiger partial charge in [-0.15, -0.1) is 0 Å². The van der Waals surface area contributed by atoms with E-state index in [4.69, 9.17) is 4.42 Å². The van der Waals surface area contributed by atoms with Gasteiger partial charge in [-0.25, -0.2) is 0 Å². The van der Waals surface area contributed by atoms with Crippen molar-refractivity contribution in [2.75, 3.05) is 9.71 Å². The molecule has 0 spiro atoms. The van der Waals surface area contributed by atoms with E-state index in [1.807, 2.05) is 0 Å². The van der Waals surface area contributed by atoms with Crippen LogP contribution in [0, 0.1) is 13.8 Å². The zero-order valence-electron chi connectivity index (χ0n) is 30.5. The van der Waals surface area contributed by atoms with Gasteiger partial charge in [0, 0.05) is 61.6 Å². The van der Waals surface area contributed by atoms with E-state index < -0.39 is 0 Å². The lowest BCUT2D eigenvalue weighted by Gasteiger charge is -2.42. The average molecular weight is 704 g/mol. The minimum absolute atomic E-state index is 0.0859. The van der Waals surface area contributed by atoms with Crippen LogP contribution in [0.4, 0.5) is 28.4 Å². The second-order valence-electron chi connectivity index (χ2n) is 15.1. The Labute approximate surface area is 319 Å². The molecular formula is C50H34BN3O. The molecule has 2 aliphatic rings. The molecular weight excluding hydrogens is 669 g/mol. The third-order valence-electron chi connectivity index (χ3n) is 11.8. The fourth-order valence-corrected chi connectivity index (χ4v) is 9.50. The zero-order chi connectivity index (χ0) is 36.4. The Morgan fingerprint density at radius 2 is 1.20 bits per heavy atom. The predicted octanol–water partition coefficient (Wildman–Crippen LogP) is 12.0. The quantitative estimate of drug-likeness (QED) is 0.171. The molecule has 10 aromatic rings. The van der Waals surface area contributed by atoms with E-state index >= 15 is 0 Å². The highest BCUT2D eigenvalue weighted by atomic mass is 16.3. The maximum atomic E-state index is 6.63. The van der Waals surface area contributed by atoms with E-state index in [0.29, 0.717) is 0 Å². The molecule has 2 aliphatic heterocycles. The monoisotopic (exact) mass is 703 g/mol. The summed E-state index contributed by atoms with van der Waals surface area (Å²) in [5, 5.41) is 4.74. The Kier molecular flexibility index (Phi) is 6.24.